The Morgan fingerprint density at radius 1 is 1.25 bits per heavy atom. The van der Waals surface area contributed by atoms with E-state index in [-0.39, 0.29) is 39.6 Å². The summed E-state index contributed by atoms with van der Waals surface area (Å²) in [6.45, 7) is 2.69. The number of aromatic hydroxyl groups is 1. The van der Waals surface area contributed by atoms with Crippen LogP contribution in [0.15, 0.2) is 30.3 Å². The Balaban J connectivity index is 0.00000208. The average Bonchev–Trinajstić information content (AvgIpc) is 3.04. The van der Waals surface area contributed by atoms with Gasteiger partial charge in [0, 0.05) is 18.4 Å². The molecule has 0 amide bonds. The first kappa shape index (κ1) is 19.4. The van der Waals surface area contributed by atoms with Gasteiger partial charge in [-0.2, -0.15) is 0 Å². The number of likely N-dealkylation sites (tertiary alicyclic amines) is 1. The van der Waals surface area contributed by atoms with Crippen LogP contribution in [0.25, 0.3) is 11.0 Å². The topological polar surface area (TPSA) is 70.8 Å². The lowest BCUT2D eigenvalue weighted by Gasteiger charge is -2.13. The minimum absolute atomic E-state index is 0. The third-order valence-corrected chi connectivity index (χ3v) is 5.39. The molecule has 1 aliphatic heterocycles. The molecule has 1 N–H and O–H groups in total. The van der Waals surface area contributed by atoms with Crippen molar-refractivity contribution < 1.29 is 14.3 Å². The van der Waals surface area contributed by atoms with Crippen LogP contribution in [-0.2, 0) is 0 Å². The molecule has 1 aromatic carbocycles. The molecular formula is C16H16Br2ClNO4. The van der Waals surface area contributed by atoms with Crippen LogP contribution in [0, 0.1) is 0 Å². The van der Waals surface area contributed by atoms with Crippen LogP contribution in [0.4, 0.5) is 0 Å². The molecule has 0 bridgehead atoms. The summed E-state index contributed by atoms with van der Waals surface area (Å²) in [5, 5.41) is 10.4. The predicted molar refractivity (Wildman–Crippen MR) is 101 cm³/mol. The second-order valence-electron chi connectivity index (χ2n) is 5.61. The molecule has 1 aliphatic rings. The first-order chi connectivity index (χ1) is 11.0. The van der Waals surface area contributed by atoms with E-state index in [0.29, 0.717) is 22.8 Å². The quantitative estimate of drug-likeness (QED) is 0.526. The molecule has 2 heterocycles. The first-order valence-corrected chi connectivity index (χ1v) is 8.96. The summed E-state index contributed by atoms with van der Waals surface area (Å²) in [6, 6.07) is 3.15. The summed E-state index contributed by atoms with van der Waals surface area (Å²) >= 11 is 6.43. The molecule has 0 aliphatic carbocycles. The van der Waals surface area contributed by atoms with E-state index in [0.717, 1.165) is 25.9 Å². The number of hydrogen-bond donors (Lipinski definition) is 1. The fraction of sp³-hybridized carbons (Fsp3) is 0.375. The zero-order chi connectivity index (χ0) is 16.6. The van der Waals surface area contributed by atoms with Gasteiger partial charge in [0.15, 0.2) is 11.4 Å². The van der Waals surface area contributed by atoms with Crippen molar-refractivity contribution in [3.8, 4) is 5.75 Å². The van der Waals surface area contributed by atoms with Crippen LogP contribution < -0.4 is 5.63 Å². The molecule has 0 saturated carbocycles. The van der Waals surface area contributed by atoms with Crippen LogP contribution in [-0.4, -0.2) is 35.4 Å². The van der Waals surface area contributed by atoms with Crippen molar-refractivity contribution in [1.29, 1.82) is 0 Å². The maximum Gasteiger partial charge on any atom is 0.347 e. The Morgan fingerprint density at radius 3 is 2.58 bits per heavy atom. The third kappa shape index (κ3) is 3.85. The number of halogens is 3. The van der Waals surface area contributed by atoms with E-state index >= 15 is 0 Å². The number of carbonyl (C=O) groups is 1. The number of nitrogens with zero attached hydrogens (tertiary/aromatic N) is 1. The highest BCUT2D eigenvalue weighted by Crippen LogP contribution is 2.38. The van der Waals surface area contributed by atoms with Crippen molar-refractivity contribution in [3.63, 3.8) is 0 Å². The Bertz CT molecular complexity index is 831. The van der Waals surface area contributed by atoms with Crippen LogP contribution in [0.2, 0.25) is 0 Å². The molecule has 5 nitrogen and oxygen atoms in total. The van der Waals surface area contributed by atoms with Crippen LogP contribution in [0.5, 0.6) is 5.75 Å². The molecule has 0 spiro atoms. The number of rotatable bonds is 4. The van der Waals surface area contributed by atoms with Gasteiger partial charge in [0.1, 0.15) is 15.8 Å². The molecule has 0 unspecified atom stereocenters. The molecule has 24 heavy (non-hydrogen) atoms. The van der Waals surface area contributed by atoms with Gasteiger partial charge in [0.25, 0.3) is 0 Å². The maximum absolute atomic E-state index is 12.3. The summed E-state index contributed by atoms with van der Waals surface area (Å²) in [7, 11) is 0. The van der Waals surface area contributed by atoms with Crippen molar-refractivity contribution in [2.24, 2.45) is 0 Å². The number of phenolic OH excluding ortho intramolecular Hbond substituents is 1. The van der Waals surface area contributed by atoms with Crippen molar-refractivity contribution >= 4 is 61.0 Å². The second-order valence-corrected chi connectivity index (χ2v) is 7.26. The molecule has 8 heteroatoms. The largest absolute Gasteiger partial charge is 0.505 e. The first-order valence-electron chi connectivity index (χ1n) is 7.38. The second kappa shape index (κ2) is 7.99. The maximum atomic E-state index is 12.3. The Kier molecular flexibility index (Phi) is 6.47. The minimum Gasteiger partial charge on any atom is -0.505 e. The predicted octanol–water partition coefficient (Wildman–Crippen LogP) is 4.11. The van der Waals surface area contributed by atoms with Crippen LogP contribution >= 0.6 is 44.3 Å². The van der Waals surface area contributed by atoms with Crippen LogP contribution in [0.3, 0.4) is 0 Å². The molecule has 3 rings (SSSR count). The molecule has 1 aromatic heterocycles. The number of phenols is 1. The number of hydrogen-bond acceptors (Lipinski definition) is 5. The fourth-order valence-electron chi connectivity index (χ4n) is 2.78. The zero-order valence-corrected chi connectivity index (χ0v) is 16.7. The lowest BCUT2D eigenvalue weighted by molar-refractivity contribution is 0.0965. The molecule has 0 atom stereocenters. The Hall–Kier alpha value is -0.890. The number of Topliss-reactive ketones (excluding diaryl/α,β-unsaturated/α-hetero) is 1. The number of benzene rings is 1. The van der Waals surface area contributed by atoms with Gasteiger partial charge >= 0.3 is 5.63 Å². The van der Waals surface area contributed by atoms with E-state index in [1.807, 2.05) is 0 Å². The van der Waals surface area contributed by atoms with Gasteiger partial charge in [-0.05, 0) is 69.9 Å². The molecule has 130 valence electrons. The van der Waals surface area contributed by atoms with Crippen molar-refractivity contribution in [2.75, 3.05) is 19.6 Å². The summed E-state index contributed by atoms with van der Waals surface area (Å²) in [4.78, 5) is 26.7. The van der Waals surface area contributed by atoms with Gasteiger partial charge in [0.05, 0.1) is 4.47 Å². The molecule has 2 aromatic rings. The smallest absolute Gasteiger partial charge is 0.347 e. The monoisotopic (exact) mass is 479 g/mol. The van der Waals surface area contributed by atoms with Gasteiger partial charge in [-0.1, -0.05) is 0 Å². The molecule has 1 saturated heterocycles. The molecule has 1 fully saturated rings. The van der Waals surface area contributed by atoms with E-state index in [2.05, 4.69) is 36.8 Å². The van der Waals surface area contributed by atoms with E-state index in [9.17, 15) is 14.7 Å². The average molecular weight is 482 g/mol. The lowest BCUT2D eigenvalue weighted by Crippen LogP contribution is -2.24. The zero-order valence-electron chi connectivity index (χ0n) is 12.7. The standard InChI is InChI=1S/C16H15Br2NO4.ClH/c17-11-8-9-7-10(12(20)3-6-19-4-1-2-5-19)16(22)23-15(9)13(18)14(11)21;/h7-8,21H,1-6H2;1H. The van der Waals surface area contributed by atoms with Crippen molar-refractivity contribution in [1.82, 2.24) is 4.90 Å². The Labute approximate surface area is 161 Å². The fourth-order valence-corrected chi connectivity index (χ4v) is 4.01. The Morgan fingerprint density at radius 2 is 1.92 bits per heavy atom. The van der Waals surface area contributed by atoms with Crippen molar-refractivity contribution in [2.45, 2.75) is 19.3 Å². The summed E-state index contributed by atoms with van der Waals surface area (Å²) < 4.78 is 5.98. The van der Waals surface area contributed by atoms with Gasteiger partial charge in [0.2, 0.25) is 0 Å². The highest BCUT2D eigenvalue weighted by Gasteiger charge is 2.19. The molecular weight excluding hydrogens is 465 g/mol. The van der Waals surface area contributed by atoms with E-state index in [1.54, 1.807) is 6.07 Å². The highest BCUT2D eigenvalue weighted by molar-refractivity contribution is 9.11. The normalized spacial score (nSPS) is 14.8. The van der Waals surface area contributed by atoms with Crippen LogP contribution in [0.1, 0.15) is 29.6 Å². The lowest BCUT2D eigenvalue weighted by atomic mass is 10.1. The third-order valence-electron chi connectivity index (χ3n) is 4.05. The SMILES string of the molecule is Cl.O=C(CCN1CCCC1)c1cc2cc(Br)c(O)c(Br)c2oc1=O. The van der Waals surface area contributed by atoms with E-state index in [4.69, 9.17) is 4.42 Å². The number of fused-ring (bicyclic) bond motifs is 1. The minimum atomic E-state index is -0.675. The molecule has 0 radical (unpaired) electrons. The summed E-state index contributed by atoms with van der Waals surface area (Å²) in [5.41, 5.74) is -0.390. The number of ketones is 1. The van der Waals surface area contributed by atoms with Gasteiger partial charge in [-0.25, -0.2) is 4.79 Å². The van der Waals surface area contributed by atoms with E-state index in [1.165, 1.54) is 6.07 Å². The van der Waals surface area contributed by atoms with Gasteiger partial charge < -0.3 is 14.4 Å². The summed E-state index contributed by atoms with van der Waals surface area (Å²) in [6.07, 6.45) is 2.63. The van der Waals surface area contributed by atoms with Crippen molar-refractivity contribution in [3.05, 3.63) is 37.1 Å². The number of carbonyl (C=O) groups excluding carboxylic acids is 1. The highest BCUT2D eigenvalue weighted by atomic mass is 79.9. The summed E-state index contributed by atoms with van der Waals surface area (Å²) in [5.74, 6) is -0.262. The van der Waals surface area contributed by atoms with E-state index < -0.39 is 5.63 Å². The van der Waals surface area contributed by atoms with Gasteiger partial charge in [-0.3, -0.25) is 4.79 Å². The van der Waals surface area contributed by atoms with Gasteiger partial charge in [-0.15, -0.1) is 12.4 Å².